The molecule has 0 amide bonds. The van der Waals surface area contributed by atoms with Crippen molar-refractivity contribution in [3.63, 3.8) is 0 Å². The fraction of sp³-hybridized carbons (Fsp3) is 0.417. The van der Waals surface area contributed by atoms with Gasteiger partial charge in [-0.15, -0.1) is 11.3 Å². The Morgan fingerprint density at radius 3 is 3.12 bits per heavy atom. The van der Waals surface area contributed by atoms with Crippen LogP contribution in [0.3, 0.4) is 0 Å². The van der Waals surface area contributed by atoms with E-state index in [0.29, 0.717) is 0 Å². The summed E-state index contributed by atoms with van der Waals surface area (Å²) in [5, 5.41) is 2.11. The van der Waals surface area contributed by atoms with Crippen molar-refractivity contribution in [2.45, 2.75) is 32.4 Å². The van der Waals surface area contributed by atoms with Crippen LogP contribution in [-0.4, -0.2) is 9.55 Å². The third-order valence-electron chi connectivity index (χ3n) is 2.74. The minimum absolute atomic E-state index is 0.103. The van der Waals surface area contributed by atoms with Crippen LogP contribution in [0.25, 0.3) is 0 Å². The monoisotopic (exact) mass is 235 g/mol. The summed E-state index contributed by atoms with van der Waals surface area (Å²) in [5.41, 5.74) is 7.17. The van der Waals surface area contributed by atoms with Gasteiger partial charge in [0.15, 0.2) is 0 Å². The lowest BCUT2D eigenvalue weighted by Crippen LogP contribution is -2.14. The maximum Gasteiger partial charge on any atom is 0.0948 e. The number of imidazole rings is 1. The van der Waals surface area contributed by atoms with Gasteiger partial charge in [0, 0.05) is 23.7 Å². The molecule has 0 spiro atoms. The van der Waals surface area contributed by atoms with Gasteiger partial charge in [-0.1, -0.05) is 13.0 Å². The molecule has 2 aromatic rings. The van der Waals surface area contributed by atoms with E-state index in [1.54, 1.807) is 11.3 Å². The van der Waals surface area contributed by atoms with Gasteiger partial charge in [-0.25, -0.2) is 4.98 Å². The summed E-state index contributed by atoms with van der Waals surface area (Å²) in [7, 11) is 0. The molecular formula is C12H17N3S. The molecule has 1 atom stereocenters. The highest BCUT2D eigenvalue weighted by Crippen LogP contribution is 2.15. The molecule has 0 bridgehead atoms. The topological polar surface area (TPSA) is 43.8 Å². The Kier molecular flexibility index (Phi) is 3.74. The van der Waals surface area contributed by atoms with Crippen molar-refractivity contribution in [3.05, 3.63) is 40.6 Å². The van der Waals surface area contributed by atoms with Crippen LogP contribution in [0.1, 0.15) is 30.0 Å². The van der Waals surface area contributed by atoms with Crippen molar-refractivity contribution in [3.8, 4) is 0 Å². The van der Waals surface area contributed by atoms with Crippen LogP contribution in [0.15, 0.2) is 30.0 Å². The zero-order valence-corrected chi connectivity index (χ0v) is 10.3. The molecule has 0 aliphatic carbocycles. The van der Waals surface area contributed by atoms with Crippen LogP contribution in [-0.2, 0) is 13.0 Å². The highest BCUT2D eigenvalue weighted by molar-refractivity contribution is 7.09. The summed E-state index contributed by atoms with van der Waals surface area (Å²) >= 11 is 1.80. The molecule has 2 heterocycles. The minimum atomic E-state index is 0.103. The van der Waals surface area contributed by atoms with Crippen LogP contribution < -0.4 is 5.73 Å². The molecule has 4 heteroatoms. The molecule has 0 aliphatic heterocycles. The van der Waals surface area contributed by atoms with E-state index in [-0.39, 0.29) is 6.04 Å². The van der Waals surface area contributed by atoms with Gasteiger partial charge in [0.1, 0.15) is 0 Å². The van der Waals surface area contributed by atoms with E-state index in [9.17, 15) is 0 Å². The lowest BCUT2D eigenvalue weighted by molar-refractivity contribution is 0.590. The van der Waals surface area contributed by atoms with Crippen molar-refractivity contribution in [1.29, 1.82) is 0 Å². The Balaban J connectivity index is 2.01. The Hall–Kier alpha value is -1.13. The Bertz CT molecular complexity index is 419. The molecule has 0 fully saturated rings. The normalized spacial score (nSPS) is 12.9. The van der Waals surface area contributed by atoms with Gasteiger partial charge in [-0.2, -0.15) is 0 Å². The van der Waals surface area contributed by atoms with Gasteiger partial charge >= 0.3 is 0 Å². The van der Waals surface area contributed by atoms with E-state index in [1.165, 1.54) is 4.88 Å². The molecule has 2 N–H and O–H groups in total. The zero-order chi connectivity index (χ0) is 11.4. The molecule has 86 valence electrons. The smallest absolute Gasteiger partial charge is 0.0948 e. The molecular weight excluding hydrogens is 218 g/mol. The number of hydrogen-bond donors (Lipinski definition) is 1. The molecule has 2 aromatic heterocycles. The minimum Gasteiger partial charge on any atom is -0.333 e. The molecule has 0 aliphatic rings. The van der Waals surface area contributed by atoms with Crippen LogP contribution in [0, 0.1) is 0 Å². The lowest BCUT2D eigenvalue weighted by atomic mass is 10.2. The molecule has 0 unspecified atom stereocenters. The van der Waals surface area contributed by atoms with E-state index < -0.39 is 0 Å². The average Bonchev–Trinajstić information content (AvgIpc) is 2.96. The summed E-state index contributed by atoms with van der Waals surface area (Å²) in [6.07, 6.45) is 5.75. The second-order valence-corrected chi connectivity index (χ2v) is 4.89. The first-order valence-electron chi connectivity index (χ1n) is 5.59. The summed E-state index contributed by atoms with van der Waals surface area (Å²) in [6.45, 7) is 3.06. The van der Waals surface area contributed by atoms with Crippen LogP contribution >= 0.6 is 11.3 Å². The van der Waals surface area contributed by atoms with Crippen LogP contribution in [0.4, 0.5) is 0 Å². The van der Waals surface area contributed by atoms with Crippen molar-refractivity contribution < 1.29 is 0 Å². The first-order chi connectivity index (χ1) is 7.81. The van der Waals surface area contributed by atoms with Crippen LogP contribution in [0.5, 0.6) is 0 Å². The average molecular weight is 235 g/mol. The predicted molar refractivity (Wildman–Crippen MR) is 67.5 cm³/mol. The van der Waals surface area contributed by atoms with E-state index in [1.807, 2.05) is 12.5 Å². The molecule has 0 saturated heterocycles. The highest BCUT2D eigenvalue weighted by atomic mass is 32.1. The first-order valence-corrected chi connectivity index (χ1v) is 6.47. The molecule has 2 rings (SSSR count). The fourth-order valence-electron chi connectivity index (χ4n) is 1.72. The number of nitrogens with zero attached hydrogens (tertiary/aromatic N) is 2. The van der Waals surface area contributed by atoms with Crippen molar-refractivity contribution in [2.24, 2.45) is 5.73 Å². The maximum atomic E-state index is 6.03. The van der Waals surface area contributed by atoms with Gasteiger partial charge in [0.05, 0.1) is 12.0 Å². The second kappa shape index (κ2) is 5.27. The van der Waals surface area contributed by atoms with Crippen molar-refractivity contribution >= 4 is 11.3 Å². The SMILES string of the molecule is CC[C@@H](N)c1cncn1CCc1cccs1. The molecule has 0 saturated carbocycles. The second-order valence-electron chi connectivity index (χ2n) is 3.86. The van der Waals surface area contributed by atoms with Crippen LogP contribution in [0.2, 0.25) is 0 Å². The largest absolute Gasteiger partial charge is 0.333 e. The van der Waals surface area contributed by atoms with Gasteiger partial charge in [0.2, 0.25) is 0 Å². The first kappa shape index (κ1) is 11.4. The zero-order valence-electron chi connectivity index (χ0n) is 9.47. The lowest BCUT2D eigenvalue weighted by Gasteiger charge is -2.12. The van der Waals surface area contributed by atoms with Gasteiger partial charge in [-0.05, 0) is 24.3 Å². The molecule has 0 aromatic carbocycles. The number of hydrogen-bond acceptors (Lipinski definition) is 3. The van der Waals surface area contributed by atoms with Gasteiger partial charge < -0.3 is 10.3 Å². The van der Waals surface area contributed by atoms with Gasteiger partial charge in [0.25, 0.3) is 0 Å². The highest BCUT2D eigenvalue weighted by Gasteiger charge is 2.09. The Morgan fingerprint density at radius 1 is 1.56 bits per heavy atom. The third kappa shape index (κ3) is 2.51. The third-order valence-corrected chi connectivity index (χ3v) is 3.68. The van der Waals surface area contributed by atoms with Crippen molar-refractivity contribution in [1.82, 2.24) is 9.55 Å². The molecule has 0 radical (unpaired) electrons. The number of aryl methyl sites for hydroxylation is 2. The standard InChI is InChI=1S/C12H17N3S/c1-2-11(13)12-8-14-9-15(12)6-5-10-4-3-7-16-10/h3-4,7-9,11H,2,5-6,13H2,1H3/t11-/m1/s1. The Labute approximate surface area is 99.9 Å². The number of rotatable bonds is 5. The summed E-state index contributed by atoms with van der Waals surface area (Å²) in [6, 6.07) is 4.36. The molecule has 3 nitrogen and oxygen atoms in total. The van der Waals surface area contributed by atoms with Crippen molar-refractivity contribution in [2.75, 3.05) is 0 Å². The summed E-state index contributed by atoms with van der Waals surface area (Å²) in [5.74, 6) is 0. The van der Waals surface area contributed by atoms with Gasteiger partial charge in [-0.3, -0.25) is 0 Å². The fourth-order valence-corrected chi connectivity index (χ4v) is 2.42. The quantitative estimate of drug-likeness (QED) is 0.865. The number of aromatic nitrogens is 2. The van der Waals surface area contributed by atoms with E-state index in [2.05, 4.69) is 34.0 Å². The molecule has 16 heavy (non-hydrogen) atoms. The summed E-state index contributed by atoms with van der Waals surface area (Å²) in [4.78, 5) is 5.58. The van der Waals surface area contributed by atoms with E-state index >= 15 is 0 Å². The van der Waals surface area contributed by atoms with E-state index in [0.717, 1.165) is 25.1 Å². The van der Waals surface area contributed by atoms with E-state index in [4.69, 9.17) is 5.73 Å². The number of nitrogens with two attached hydrogens (primary N) is 1. The summed E-state index contributed by atoms with van der Waals surface area (Å²) < 4.78 is 2.16. The Morgan fingerprint density at radius 2 is 2.44 bits per heavy atom. The predicted octanol–water partition coefficient (Wildman–Crippen LogP) is 2.60. The number of thiophene rings is 1. The maximum absolute atomic E-state index is 6.03.